The van der Waals surface area contributed by atoms with Gasteiger partial charge in [-0.25, -0.2) is 0 Å². The van der Waals surface area contributed by atoms with E-state index >= 15 is 0 Å². The Morgan fingerprint density at radius 1 is 1.06 bits per heavy atom. The topological polar surface area (TPSA) is 84.3 Å². The molecule has 0 spiro atoms. The second-order valence-corrected chi connectivity index (χ2v) is 9.05. The number of fused-ring (bicyclic) bond motifs is 3. The molecular formula is C25H19Cl2N3O3. The molecule has 8 heteroatoms. The zero-order valence-electron chi connectivity index (χ0n) is 17.3. The van der Waals surface area contributed by atoms with Crippen LogP contribution >= 0.6 is 23.2 Å². The van der Waals surface area contributed by atoms with E-state index in [0.717, 1.165) is 23.2 Å². The van der Waals surface area contributed by atoms with Gasteiger partial charge in [-0.15, -0.1) is 0 Å². The Kier molecular flexibility index (Phi) is 5.56. The molecule has 0 aromatic heterocycles. The van der Waals surface area contributed by atoms with Crippen LogP contribution in [-0.2, 0) is 0 Å². The standard InChI is InChI=1S/C25H19Cl2N3O3/c26-15-6-10-20(22(27)12-15)25(31)28-16-7-11-23-21(13-16)18-2-1-3-19(18)24(29-23)14-4-8-17(9-5-14)30(32)33/h1-2,4-13,18-19,24,29H,3H2,(H,28,31)/t18-,19+,24+/m0/s1. The fourth-order valence-electron chi connectivity index (χ4n) is 4.68. The van der Waals surface area contributed by atoms with Crippen LogP contribution in [0.1, 0.15) is 39.9 Å². The lowest BCUT2D eigenvalue weighted by Gasteiger charge is -2.37. The molecule has 33 heavy (non-hydrogen) atoms. The highest BCUT2D eigenvalue weighted by Gasteiger charge is 2.38. The van der Waals surface area contributed by atoms with Gasteiger partial charge >= 0.3 is 0 Å². The van der Waals surface area contributed by atoms with Crippen LogP contribution in [-0.4, -0.2) is 10.8 Å². The SMILES string of the molecule is O=C(Nc1ccc2c(c1)[C@H]1C=CC[C@H]1[C@@H](c1ccc([N+](=O)[O-])cc1)N2)c1ccc(Cl)cc1Cl. The summed E-state index contributed by atoms with van der Waals surface area (Å²) >= 11 is 12.1. The highest BCUT2D eigenvalue weighted by Crippen LogP contribution is 2.50. The van der Waals surface area contributed by atoms with Crippen molar-refractivity contribution in [2.75, 3.05) is 10.6 Å². The van der Waals surface area contributed by atoms with Crippen LogP contribution in [0, 0.1) is 16.0 Å². The number of nitro benzene ring substituents is 1. The minimum Gasteiger partial charge on any atom is -0.378 e. The highest BCUT2D eigenvalue weighted by atomic mass is 35.5. The van der Waals surface area contributed by atoms with E-state index in [1.54, 1.807) is 30.3 Å². The number of amides is 1. The molecule has 0 saturated heterocycles. The summed E-state index contributed by atoms with van der Waals surface area (Å²) in [6, 6.07) is 17.3. The van der Waals surface area contributed by atoms with E-state index in [2.05, 4.69) is 22.8 Å². The van der Waals surface area contributed by atoms with Crippen LogP contribution in [0.2, 0.25) is 10.0 Å². The number of allylic oxidation sites excluding steroid dienone is 2. The molecule has 1 aliphatic carbocycles. The summed E-state index contributed by atoms with van der Waals surface area (Å²) in [7, 11) is 0. The molecule has 0 saturated carbocycles. The van der Waals surface area contributed by atoms with E-state index in [-0.39, 0.29) is 34.4 Å². The largest absolute Gasteiger partial charge is 0.378 e. The molecule has 3 atom stereocenters. The second-order valence-electron chi connectivity index (χ2n) is 8.20. The highest BCUT2D eigenvalue weighted by molar-refractivity contribution is 6.37. The van der Waals surface area contributed by atoms with Gasteiger partial charge in [-0.3, -0.25) is 14.9 Å². The van der Waals surface area contributed by atoms with Gasteiger partial charge in [0.2, 0.25) is 0 Å². The Morgan fingerprint density at radius 3 is 2.58 bits per heavy atom. The number of nitro groups is 1. The summed E-state index contributed by atoms with van der Waals surface area (Å²) in [5, 5.41) is 18.3. The van der Waals surface area contributed by atoms with Gasteiger partial charge in [0.25, 0.3) is 11.6 Å². The van der Waals surface area contributed by atoms with Gasteiger partial charge < -0.3 is 10.6 Å². The summed E-state index contributed by atoms with van der Waals surface area (Å²) in [6.45, 7) is 0. The molecule has 1 amide bonds. The predicted molar refractivity (Wildman–Crippen MR) is 130 cm³/mol. The van der Waals surface area contributed by atoms with Crippen molar-refractivity contribution in [2.24, 2.45) is 5.92 Å². The average Bonchev–Trinajstić information content (AvgIpc) is 3.29. The smallest absolute Gasteiger partial charge is 0.269 e. The Hall–Kier alpha value is -3.35. The van der Waals surface area contributed by atoms with Crippen molar-refractivity contribution >= 4 is 46.2 Å². The normalized spacial score (nSPS) is 20.5. The van der Waals surface area contributed by atoms with Crippen molar-refractivity contribution in [3.8, 4) is 0 Å². The van der Waals surface area contributed by atoms with E-state index in [1.807, 2.05) is 30.3 Å². The third kappa shape index (κ3) is 4.08. The maximum absolute atomic E-state index is 12.7. The minimum atomic E-state index is -0.389. The number of nitrogens with one attached hydrogen (secondary N) is 2. The third-order valence-corrected chi connectivity index (χ3v) is 6.81. The number of nitrogens with zero attached hydrogens (tertiary/aromatic N) is 1. The fraction of sp³-hybridized carbons (Fsp3) is 0.160. The van der Waals surface area contributed by atoms with Crippen LogP contribution in [0.5, 0.6) is 0 Å². The number of carbonyl (C=O) groups excluding carboxylic acids is 1. The van der Waals surface area contributed by atoms with Gasteiger partial charge in [0.1, 0.15) is 0 Å². The Balaban J connectivity index is 1.41. The maximum atomic E-state index is 12.7. The number of hydrogen-bond acceptors (Lipinski definition) is 4. The lowest BCUT2D eigenvalue weighted by atomic mass is 9.77. The van der Waals surface area contributed by atoms with Crippen LogP contribution < -0.4 is 10.6 Å². The molecule has 1 aliphatic heterocycles. The first-order chi connectivity index (χ1) is 15.9. The van der Waals surface area contributed by atoms with Crippen molar-refractivity contribution in [3.63, 3.8) is 0 Å². The summed E-state index contributed by atoms with van der Waals surface area (Å²) in [6.07, 6.45) is 5.27. The van der Waals surface area contributed by atoms with Gasteiger partial charge in [0.05, 0.1) is 21.6 Å². The monoisotopic (exact) mass is 479 g/mol. The summed E-state index contributed by atoms with van der Waals surface area (Å²) in [4.78, 5) is 23.4. The quantitative estimate of drug-likeness (QED) is 0.240. The van der Waals surface area contributed by atoms with E-state index < -0.39 is 0 Å². The van der Waals surface area contributed by atoms with Gasteiger partial charge in [0, 0.05) is 34.4 Å². The van der Waals surface area contributed by atoms with Crippen LogP contribution in [0.25, 0.3) is 0 Å². The zero-order valence-corrected chi connectivity index (χ0v) is 18.8. The van der Waals surface area contributed by atoms with Gasteiger partial charge in [-0.2, -0.15) is 0 Å². The number of non-ortho nitro benzene ring substituents is 1. The Bertz CT molecular complexity index is 1290. The molecule has 0 bridgehead atoms. The average molecular weight is 480 g/mol. The molecule has 3 aromatic rings. The maximum Gasteiger partial charge on any atom is 0.269 e. The van der Waals surface area contributed by atoms with Crippen molar-refractivity contribution < 1.29 is 9.72 Å². The van der Waals surface area contributed by atoms with Crippen LogP contribution in [0.3, 0.4) is 0 Å². The van der Waals surface area contributed by atoms with Crippen molar-refractivity contribution in [2.45, 2.75) is 18.4 Å². The molecule has 1 heterocycles. The Morgan fingerprint density at radius 2 is 1.85 bits per heavy atom. The zero-order chi connectivity index (χ0) is 23.1. The first-order valence-electron chi connectivity index (χ1n) is 10.5. The molecular weight excluding hydrogens is 461 g/mol. The minimum absolute atomic E-state index is 0.0339. The number of benzene rings is 3. The van der Waals surface area contributed by atoms with Gasteiger partial charge in [-0.05, 0) is 59.9 Å². The summed E-state index contributed by atoms with van der Waals surface area (Å²) in [5.41, 5.74) is 4.21. The first-order valence-corrected chi connectivity index (χ1v) is 11.2. The van der Waals surface area contributed by atoms with E-state index in [4.69, 9.17) is 23.2 Å². The van der Waals surface area contributed by atoms with E-state index in [1.165, 1.54) is 0 Å². The molecule has 0 fully saturated rings. The van der Waals surface area contributed by atoms with E-state index in [0.29, 0.717) is 21.3 Å². The molecule has 2 N–H and O–H groups in total. The Labute approximate surface area is 200 Å². The summed E-state index contributed by atoms with van der Waals surface area (Å²) in [5.74, 6) is 0.149. The predicted octanol–water partition coefficient (Wildman–Crippen LogP) is 6.98. The number of hydrogen-bond donors (Lipinski definition) is 2. The number of halogens is 2. The van der Waals surface area contributed by atoms with Crippen molar-refractivity contribution in [1.29, 1.82) is 0 Å². The molecule has 166 valence electrons. The van der Waals surface area contributed by atoms with Crippen LogP contribution in [0.4, 0.5) is 17.1 Å². The molecule has 0 radical (unpaired) electrons. The molecule has 6 nitrogen and oxygen atoms in total. The molecule has 3 aromatic carbocycles. The fourth-order valence-corrected chi connectivity index (χ4v) is 5.17. The van der Waals surface area contributed by atoms with Gasteiger partial charge in [-0.1, -0.05) is 47.5 Å². The summed E-state index contributed by atoms with van der Waals surface area (Å²) < 4.78 is 0. The van der Waals surface area contributed by atoms with Crippen molar-refractivity contribution in [1.82, 2.24) is 0 Å². The second kappa shape index (κ2) is 8.54. The first kappa shape index (κ1) is 21.5. The number of carbonyl (C=O) groups is 1. The van der Waals surface area contributed by atoms with E-state index in [9.17, 15) is 14.9 Å². The lowest BCUT2D eigenvalue weighted by molar-refractivity contribution is -0.384. The van der Waals surface area contributed by atoms with Crippen LogP contribution in [0.15, 0.2) is 72.8 Å². The number of rotatable bonds is 4. The molecule has 0 unspecified atom stereocenters. The third-order valence-electron chi connectivity index (χ3n) is 6.26. The lowest BCUT2D eigenvalue weighted by Crippen LogP contribution is -2.29. The number of anilines is 2. The van der Waals surface area contributed by atoms with Crippen molar-refractivity contribution in [3.05, 3.63) is 110 Å². The molecule has 2 aliphatic rings. The molecule has 5 rings (SSSR count). The van der Waals surface area contributed by atoms with Gasteiger partial charge in [0.15, 0.2) is 0 Å².